The first kappa shape index (κ1) is 12.4. The summed E-state index contributed by atoms with van der Waals surface area (Å²) in [5.74, 6) is 0. The highest BCUT2D eigenvalue weighted by molar-refractivity contribution is 9.10. The van der Waals surface area contributed by atoms with Crippen LogP contribution in [0, 0.1) is 11.3 Å². The van der Waals surface area contributed by atoms with Crippen LogP contribution in [0.1, 0.15) is 18.9 Å². The Morgan fingerprint density at radius 2 is 2.41 bits per heavy atom. The summed E-state index contributed by atoms with van der Waals surface area (Å²) in [6, 6.07) is 8.02. The molecule has 90 valence electrons. The molecular formula is C13H15BrN2O. The summed E-state index contributed by atoms with van der Waals surface area (Å²) in [5, 5.41) is 8.89. The van der Waals surface area contributed by atoms with Crippen LogP contribution >= 0.6 is 15.9 Å². The molecule has 1 saturated heterocycles. The molecule has 1 aromatic carbocycles. The molecule has 1 fully saturated rings. The molecule has 1 atom stereocenters. The number of nitrogens with zero attached hydrogens (tertiary/aromatic N) is 2. The highest BCUT2D eigenvalue weighted by Gasteiger charge is 2.19. The molecule has 0 saturated carbocycles. The third-order valence-corrected chi connectivity index (χ3v) is 3.69. The van der Waals surface area contributed by atoms with Crippen LogP contribution in [0.25, 0.3) is 0 Å². The van der Waals surface area contributed by atoms with Gasteiger partial charge in [-0.1, -0.05) is 6.92 Å². The first-order valence-electron chi connectivity index (χ1n) is 5.80. The number of benzene rings is 1. The zero-order chi connectivity index (χ0) is 12.3. The third-order valence-electron chi connectivity index (χ3n) is 3.03. The van der Waals surface area contributed by atoms with Crippen molar-refractivity contribution < 1.29 is 4.74 Å². The summed E-state index contributed by atoms with van der Waals surface area (Å²) >= 11 is 3.43. The number of anilines is 1. The van der Waals surface area contributed by atoms with Crippen molar-refractivity contribution in [3.63, 3.8) is 0 Å². The molecule has 1 aliphatic heterocycles. The predicted octanol–water partition coefficient (Wildman–Crippen LogP) is 2.94. The Hall–Kier alpha value is -1.05. The Bertz CT molecular complexity index is 442. The average Bonchev–Trinajstić information content (AvgIpc) is 2.38. The molecule has 0 spiro atoms. The van der Waals surface area contributed by atoms with E-state index in [0.29, 0.717) is 11.7 Å². The lowest BCUT2D eigenvalue weighted by Crippen LogP contribution is -2.42. The van der Waals surface area contributed by atoms with E-state index in [2.05, 4.69) is 33.8 Å². The number of hydrogen-bond acceptors (Lipinski definition) is 3. The van der Waals surface area contributed by atoms with Crippen LogP contribution in [-0.2, 0) is 4.74 Å². The van der Waals surface area contributed by atoms with Gasteiger partial charge in [0.25, 0.3) is 0 Å². The van der Waals surface area contributed by atoms with Crippen LogP contribution < -0.4 is 4.90 Å². The van der Waals surface area contributed by atoms with Crippen molar-refractivity contribution in [2.75, 3.05) is 24.6 Å². The largest absolute Gasteiger partial charge is 0.375 e. The molecule has 1 heterocycles. The Morgan fingerprint density at radius 1 is 1.59 bits per heavy atom. The minimum Gasteiger partial charge on any atom is -0.375 e. The molecule has 0 aromatic heterocycles. The number of hydrogen-bond donors (Lipinski definition) is 0. The van der Waals surface area contributed by atoms with E-state index in [0.717, 1.165) is 36.3 Å². The summed E-state index contributed by atoms with van der Waals surface area (Å²) < 4.78 is 6.51. The lowest BCUT2D eigenvalue weighted by molar-refractivity contribution is 0.0384. The quantitative estimate of drug-likeness (QED) is 0.841. The molecule has 1 aromatic rings. The van der Waals surface area contributed by atoms with E-state index in [1.54, 1.807) is 0 Å². The molecule has 0 bridgehead atoms. The molecule has 0 amide bonds. The molecule has 3 nitrogen and oxygen atoms in total. The van der Waals surface area contributed by atoms with E-state index >= 15 is 0 Å². The predicted molar refractivity (Wildman–Crippen MR) is 71.1 cm³/mol. The van der Waals surface area contributed by atoms with Gasteiger partial charge in [0.15, 0.2) is 0 Å². The van der Waals surface area contributed by atoms with Crippen molar-refractivity contribution in [3.8, 4) is 6.07 Å². The summed E-state index contributed by atoms with van der Waals surface area (Å²) in [6.07, 6.45) is 1.35. The van der Waals surface area contributed by atoms with Crippen LogP contribution in [0.4, 0.5) is 5.69 Å². The second kappa shape index (κ2) is 5.52. The van der Waals surface area contributed by atoms with E-state index in [9.17, 15) is 0 Å². The van der Waals surface area contributed by atoms with Crippen LogP contribution in [0.3, 0.4) is 0 Å². The smallest absolute Gasteiger partial charge is 0.100 e. The Morgan fingerprint density at radius 3 is 3.06 bits per heavy atom. The van der Waals surface area contributed by atoms with Crippen molar-refractivity contribution in [3.05, 3.63) is 28.2 Å². The zero-order valence-electron chi connectivity index (χ0n) is 9.82. The molecule has 1 aliphatic rings. The number of morpholine rings is 1. The summed E-state index contributed by atoms with van der Waals surface area (Å²) in [5.41, 5.74) is 1.83. The van der Waals surface area contributed by atoms with Gasteiger partial charge in [-0.05, 0) is 40.5 Å². The van der Waals surface area contributed by atoms with Crippen LogP contribution in [-0.4, -0.2) is 25.8 Å². The van der Waals surface area contributed by atoms with Gasteiger partial charge in [0.1, 0.15) is 6.07 Å². The number of halogens is 1. The lowest BCUT2D eigenvalue weighted by atomic mass is 10.1. The van der Waals surface area contributed by atoms with Crippen LogP contribution in [0.15, 0.2) is 22.7 Å². The van der Waals surface area contributed by atoms with E-state index in [1.165, 1.54) is 0 Å². The topological polar surface area (TPSA) is 36.3 Å². The lowest BCUT2D eigenvalue weighted by Gasteiger charge is -2.34. The summed E-state index contributed by atoms with van der Waals surface area (Å²) in [7, 11) is 0. The molecule has 17 heavy (non-hydrogen) atoms. The fourth-order valence-electron chi connectivity index (χ4n) is 1.99. The maximum atomic E-state index is 8.89. The molecule has 0 aliphatic carbocycles. The maximum absolute atomic E-state index is 8.89. The zero-order valence-corrected chi connectivity index (χ0v) is 11.4. The third kappa shape index (κ3) is 2.80. The van der Waals surface area contributed by atoms with Crippen molar-refractivity contribution in [1.29, 1.82) is 5.26 Å². The van der Waals surface area contributed by atoms with E-state index in [1.807, 2.05) is 18.2 Å². The Labute approximate surface area is 110 Å². The van der Waals surface area contributed by atoms with Gasteiger partial charge in [-0.3, -0.25) is 0 Å². The SMILES string of the molecule is CCC1CN(c2ccc(C#N)c(Br)c2)CCO1. The highest BCUT2D eigenvalue weighted by atomic mass is 79.9. The molecule has 1 unspecified atom stereocenters. The number of nitriles is 1. The molecule has 0 N–H and O–H groups in total. The maximum Gasteiger partial charge on any atom is 0.100 e. The normalized spacial score (nSPS) is 20.1. The molecular weight excluding hydrogens is 280 g/mol. The van der Waals surface area contributed by atoms with Gasteiger partial charge in [0.2, 0.25) is 0 Å². The fraction of sp³-hybridized carbons (Fsp3) is 0.462. The second-order valence-electron chi connectivity index (χ2n) is 4.12. The highest BCUT2D eigenvalue weighted by Crippen LogP contribution is 2.25. The van der Waals surface area contributed by atoms with Gasteiger partial charge < -0.3 is 9.64 Å². The Kier molecular flexibility index (Phi) is 4.03. The first-order chi connectivity index (χ1) is 8.24. The first-order valence-corrected chi connectivity index (χ1v) is 6.60. The van der Waals surface area contributed by atoms with Crippen molar-refractivity contribution in [2.24, 2.45) is 0 Å². The van der Waals surface area contributed by atoms with E-state index in [4.69, 9.17) is 10.00 Å². The monoisotopic (exact) mass is 294 g/mol. The van der Waals surface area contributed by atoms with Gasteiger partial charge in [0, 0.05) is 23.2 Å². The number of ether oxygens (including phenoxy) is 1. The fourth-order valence-corrected chi connectivity index (χ4v) is 2.45. The van der Waals surface area contributed by atoms with Gasteiger partial charge >= 0.3 is 0 Å². The minimum absolute atomic E-state index is 0.318. The van der Waals surface area contributed by atoms with Gasteiger partial charge in [-0.25, -0.2) is 0 Å². The Balaban J connectivity index is 2.17. The van der Waals surface area contributed by atoms with E-state index < -0.39 is 0 Å². The number of rotatable bonds is 2. The second-order valence-corrected chi connectivity index (χ2v) is 4.98. The van der Waals surface area contributed by atoms with E-state index in [-0.39, 0.29) is 0 Å². The van der Waals surface area contributed by atoms with Crippen LogP contribution in [0.2, 0.25) is 0 Å². The van der Waals surface area contributed by atoms with Crippen molar-refractivity contribution in [1.82, 2.24) is 0 Å². The molecule has 4 heteroatoms. The minimum atomic E-state index is 0.318. The van der Waals surface area contributed by atoms with Gasteiger partial charge in [-0.2, -0.15) is 5.26 Å². The van der Waals surface area contributed by atoms with Gasteiger partial charge in [-0.15, -0.1) is 0 Å². The van der Waals surface area contributed by atoms with Crippen LogP contribution in [0.5, 0.6) is 0 Å². The summed E-state index contributed by atoms with van der Waals surface area (Å²) in [6.45, 7) is 4.75. The molecule has 2 rings (SSSR count). The standard InChI is InChI=1S/C13H15BrN2O/c1-2-12-9-16(5-6-17-12)11-4-3-10(8-15)13(14)7-11/h3-4,7,12H,2,5-6,9H2,1H3. The van der Waals surface area contributed by atoms with Gasteiger partial charge in [0.05, 0.1) is 18.3 Å². The van der Waals surface area contributed by atoms with Crippen molar-refractivity contribution in [2.45, 2.75) is 19.4 Å². The molecule has 0 radical (unpaired) electrons. The summed E-state index contributed by atoms with van der Waals surface area (Å²) in [4.78, 5) is 2.31. The van der Waals surface area contributed by atoms with Crippen molar-refractivity contribution >= 4 is 21.6 Å². The average molecular weight is 295 g/mol.